The summed E-state index contributed by atoms with van der Waals surface area (Å²) in [5, 5.41) is 2.62. The Morgan fingerprint density at radius 2 is 2.60 bits per heavy atom. The fourth-order valence-corrected chi connectivity index (χ4v) is 0.817. The number of methoxy groups -OCH3 is 1. The number of rotatable bonds is 2. The lowest BCUT2D eigenvalue weighted by Crippen LogP contribution is -2.37. The van der Waals surface area contributed by atoms with Crippen molar-refractivity contribution in [1.82, 2.24) is 5.32 Å². The van der Waals surface area contributed by atoms with Crippen molar-refractivity contribution in [3.05, 3.63) is 0 Å². The van der Waals surface area contributed by atoms with E-state index in [1.807, 2.05) is 6.92 Å². The summed E-state index contributed by atoms with van der Waals surface area (Å²) < 4.78 is 9.65. The van der Waals surface area contributed by atoms with Crippen molar-refractivity contribution in [3.8, 4) is 0 Å². The van der Waals surface area contributed by atoms with Crippen LogP contribution in [0.15, 0.2) is 0 Å². The third-order valence-corrected chi connectivity index (χ3v) is 1.64. The number of amides is 1. The molecule has 1 unspecified atom stereocenters. The molecular formula is C6H11NO3. The summed E-state index contributed by atoms with van der Waals surface area (Å²) in [6.45, 7) is 2.30. The molecule has 1 fully saturated rings. The zero-order valence-electron chi connectivity index (χ0n) is 6.09. The normalized spacial score (nSPS) is 27.4. The topological polar surface area (TPSA) is 47.6 Å². The molecule has 1 aliphatic heterocycles. The van der Waals surface area contributed by atoms with E-state index < -0.39 is 0 Å². The van der Waals surface area contributed by atoms with E-state index in [9.17, 15) is 4.79 Å². The van der Waals surface area contributed by atoms with Crippen molar-refractivity contribution in [1.29, 1.82) is 0 Å². The molecule has 2 atom stereocenters. The lowest BCUT2D eigenvalue weighted by Gasteiger charge is -2.13. The van der Waals surface area contributed by atoms with E-state index >= 15 is 0 Å². The first-order valence-electron chi connectivity index (χ1n) is 3.20. The molecule has 4 nitrogen and oxygen atoms in total. The fourth-order valence-electron chi connectivity index (χ4n) is 0.817. The van der Waals surface area contributed by atoms with E-state index in [2.05, 4.69) is 10.1 Å². The lowest BCUT2D eigenvalue weighted by molar-refractivity contribution is 0.0839. The van der Waals surface area contributed by atoms with Gasteiger partial charge in [-0.05, 0) is 6.92 Å². The second-order valence-corrected chi connectivity index (χ2v) is 2.29. The summed E-state index contributed by atoms with van der Waals surface area (Å²) in [5.41, 5.74) is 0. The molecule has 4 heteroatoms. The third kappa shape index (κ3) is 1.39. The Labute approximate surface area is 59.5 Å². The van der Waals surface area contributed by atoms with Gasteiger partial charge in [-0.3, -0.25) is 0 Å². The largest absolute Gasteiger partial charge is 0.447 e. The highest BCUT2D eigenvalue weighted by Gasteiger charge is 2.26. The average molecular weight is 145 g/mol. The number of alkyl carbamates (subject to hydrolysis) is 1. The van der Waals surface area contributed by atoms with Gasteiger partial charge in [-0.15, -0.1) is 0 Å². The van der Waals surface area contributed by atoms with Crippen molar-refractivity contribution in [2.24, 2.45) is 0 Å². The van der Waals surface area contributed by atoms with Gasteiger partial charge in [0, 0.05) is 7.11 Å². The Morgan fingerprint density at radius 1 is 1.90 bits per heavy atom. The SMILES string of the molecule is COC(C)[C@H]1COC(=O)N1. The number of ether oxygens (including phenoxy) is 2. The molecule has 0 radical (unpaired) electrons. The fraction of sp³-hybridized carbons (Fsp3) is 0.833. The number of cyclic esters (lactones) is 1. The van der Waals surface area contributed by atoms with Crippen molar-refractivity contribution in [2.45, 2.75) is 19.1 Å². The maximum atomic E-state index is 10.5. The van der Waals surface area contributed by atoms with Crippen LogP contribution in [0.1, 0.15) is 6.92 Å². The van der Waals surface area contributed by atoms with Gasteiger partial charge in [0.25, 0.3) is 0 Å². The van der Waals surface area contributed by atoms with Gasteiger partial charge < -0.3 is 14.8 Å². The van der Waals surface area contributed by atoms with Gasteiger partial charge >= 0.3 is 6.09 Å². The Morgan fingerprint density at radius 3 is 3.00 bits per heavy atom. The van der Waals surface area contributed by atoms with Crippen LogP contribution in [0.25, 0.3) is 0 Å². The second-order valence-electron chi connectivity index (χ2n) is 2.29. The van der Waals surface area contributed by atoms with Crippen LogP contribution in [0.3, 0.4) is 0 Å². The number of carbonyl (C=O) groups is 1. The lowest BCUT2D eigenvalue weighted by atomic mass is 10.2. The monoisotopic (exact) mass is 145 g/mol. The Hall–Kier alpha value is -0.770. The van der Waals surface area contributed by atoms with Crippen LogP contribution in [0.4, 0.5) is 4.79 Å². The van der Waals surface area contributed by atoms with Crippen molar-refractivity contribution in [2.75, 3.05) is 13.7 Å². The van der Waals surface area contributed by atoms with Gasteiger partial charge in [-0.2, -0.15) is 0 Å². The van der Waals surface area contributed by atoms with Crippen molar-refractivity contribution >= 4 is 6.09 Å². The Bertz CT molecular complexity index is 137. The Kier molecular flexibility index (Phi) is 2.11. The van der Waals surface area contributed by atoms with Crippen LogP contribution in [0.2, 0.25) is 0 Å². The molecule has 0 bridgehead atoms. The van der Waals surface area contributed by atoms with E-state index in [1.54, 1.807) is 7.11 Å². The molecule has 58 valence electrons. The Balaban J connectivity index is 2.36. The molecule has 1 amide bonds. The standard InChI is InChI=1S/C6H11NO3/c1-4(9-2)5-3-10-6(8)7-5/h4-5H,3H2,1-2H3,(H,7,8)/t4?,5-/m1/s1. The number of nitrogens with one attached hydrogen (secondary N) is 1. The van der Waals surface area contributed by atoms with Gasteiger partial charge in [0.05, 0.1) is 12.1 Å². The van der Waals surface area contributed by atoms with Crippen LogP contribution in [-0.4, -0.2) is 32.0 Å². The molecular weight excluding hydrogens is 134 g/mol. The molecule has 10 heavy (non-hydrogen) atoms. The molecule has 0 saturated carbocycles. The van der Waals surface area contributed by atoms with Crippen molar-refractivity contribution in [3.63, 3.8) is 0 Å². The molecule has 0 aromatic rings. The summed E-state index contributed by atoms with van der Waals surface area (Å²) in [6.07, 6.45) is -0.333. The maximum absolute atomic E-state index is 10.5. The maximum Gasteiger partial charge on any atom is 0.407 e. The smallest absolute Gasteiger partial charge is 0.407 e. The second kappa shape index (κ2) is 2.88. The highest BCUT2D eigenvalue weighted by Crippen LogP contribution is 2.04. The van der Waals surface area contributed by atoms with Crippen LogP contribution in [0.5, 0.6) is 0 Å². The minimum absolute atomic E-state index is 0.0116. The first-order valence-corrected chi connectivity index (χ1v) is 3.20. The summed E-state index contributed by atoms with van der Waals surface area (Å²) in [6, 6.07) is 0.0116. The van der Waals surface area contributed by atoms with Crippen LogP contribution < -0.4 is 5.32 Å². The summed E-state index contributed by atoms with van der Waals surface area (Å²) in [7, 11) is 1.61. The molecule has 1 saturated heterocycles. The highest BCUT2D eigenvalue weighted by molar-refractivity contribution is 5.69. The summed E-state index contributed by atoms with van der Waals surface area (Å²) in [5.74, 6) is 0. The predicted molar refractivity (Wildman–Crippen MR) is 34.7 cm³/mol. The number of hydrogen-bond donors (Lipinski definition) is 1. The van der Waals surface area contributed by atoms with Gasteiger partial charge in [-0.25, -0.2) is 4.79 Å². The van der Waals surface area contributed by atoms with Crippen LogP contribution >= 0.6 is 0 Å². The van der Waals surface area contributed by atoms with Gasteiger partial charge in [0.2, 0.25) is 0 Å². The molecule has 0 spiro atoms. The van der Waals surface area contributed by atoms with Gasteiger partial charge in [-0.1, -0.05) is 0 Å². The first kappa shape index (κ1) is 7.34. The number of carbonyl (C=O) groups excluding carboxylic acids is 1. The number of hydrogen-bond acceptors (Lipinski definition) is 3. The van der Waals surface area contributed by atoms with E-state index in [1.165, 1.54) is 0 Å². The zero-order chi connectivity index (χ0) is 7.56. The predicted octanol–water partition coefficient (Wildman–Crippen LogP) is 0.130. The molecule has 1 rings (SSSR count). The highest BCUT2D eigenvalue weighted by atomic mass is 16.6. The van der Waals surface area contributed by atoms with E-state index in [4.69, 9.17) is 4.74 Å². The molecule has 0 aromatic heterocycles. The zero-order valence-corrected chi connectivity index (χ0v) is 6.09. The molecule has 1 aliphatic rings. The average Bonchev–Trinajstić information content (AvgIpc) is 2.34. The van der Waals surface area contributed by atoms with Crippen LogP contribution in [-0.2, 0) is 9.47 Å². The molecule has 0 aliphatic carbocycles. The third-order valence-electron chi connectivity index (χ3n) is 1.64. The van der Waals surface area contributed by atoms with Gasteiger partial charge in [0.1, 0.15) is 6.61 Å². The van der Waals surface area contributed by atoms with E-state index in [-0.39, 0.29) is 18.2 Å². The quantitative estimate of drug-likeness (QED) is 0.600. The minimum atomic E-state index is -0.353. The first-order chi connectivity index (χ1) is 4.74. The summed E-state index contributed by atoms with van der Waals surface area (Å²) >= 11 is 0. The van der Waals surface area contributed by atoms with Crippen molar-refractivity contribution < 1.29 is 14.3 Å². The molecule has 1 N–H and O–H groups in total. The molecule has 1 heterocycles. The van der Waals surface area contributed by atoms with Gasteiger partial charge in [0.15, 0.2) is 0 Å². The summed E-state index contributed by atoms with van der Waals surface area (Å²) in [4.78, 5) is 10.5. The van der Waals surface area contributed by atoms with Crippen LogP contribution in [0, 0.1) is 0 Å². The minimum Gasteiger partial charge on any atom is -0.447 e. The van der Waals surface area contributed by atoms with E-state index in [0.717, 1.165) is 0 Å². The van der Waals surface area contributed by atoms with E-state index in [0.29, 0.717) is 6.61 Å². The molecule has 0 aromatic carbocycles.